The predicted octanol–water partition coefficient (Wildman–Crippen LogP) is 2.29. The number of anilines is 1. The number of nitrogens with zero attached hydrogens (tertiary/aromatic N) is 1. The van der Waals surface area contributed by atoms with Gasteiger partial charge < -0.3 is 15.4 Å². The summed E-state index contributed by atoms with van der Waals surface area (Å²) in [5.41, 5.74) is -0.109. The van der Waals surface area contributed by atoms with E-state index >= 15 is 0 Å². The summed E-state index contributed by atoms with van der Waals surface area (Å²) in [6.45, 7) is 3.63. The molecule has 2 aliphatic heterocycles. The third-order valence-electron chi connectivity index (χ3n) is 4.52. The van der Waals surface area contributed by atoms with Crippen LogP contribution < -0.4 is 10.6 Å². The Bertz CT molecular complexity index is 591. The van der Waals surface area contributed by atoms with Gasteiger partial charge in [0.15, 0.2) is 0 Å². The van der Waals surface area contributed by atoms with Crippen molar-refractivity contribution in [3.63, 3.8) is 0 Å². The third kappa shape index (κ3) is 3.99. The molecule has 24 heavy (non-hydrogen) atoms. The number of thioether (sulfide) groups is 1. The van der Waals surface area contributed by atoms with Gasteiger partial charge in [-0.2, -0.15) is 11.8 Å². The Labute approximate surface area is 144 Å². The summed E-state index contributed by atoms with van der Waals surface area (Å²) < 4.78 is 31.9. The normalized spacial score (nSPS) is 24.8. The number of urea groups is 1. The van der Waals surface area contributed by atoms with Crippen molar-refractivity contribution in [1.82, 2.24) is 10.2 Å². The van der Waals surface area contributed by atoms with Crippen LogP contribution in [0.2, 0.25) is 0 Å². The number of rotatable bonds is 4. The van der Waals surface area contributed by atoms with Crippen molar-refractivity contribution < 1.29 is 18.3 Å². The molecule has 1 atom stereocenters. The van der Waals surface area contributed by atoms with E-state index in [4.69, 9.17) is 4.74 Å². The van der Waals surface area contributed by atoms with E-state index in [2.05, 4.69) is 15.5 Å². The number of carbonyl (C=O) groups is 1. The van der Waals surface area contributed by atoms with Crippen molar-refractivity contribution in [3.05, 3.63) is 29.8 Å². The number of hydrogen-bond acceptors (Lipinski definition) is 4. The second kappa shape index (κ2) is 7.67. The molecule has 1 aromatic carbocycles. The highest BCUT2D eigenvalue weighted by Crippen LogP contribution is 2.33. The molecular weight excluding hydrogens is 336 g/mol. The highest BCUT2D eigenvalue weighted by atomic mass is 32.2. The second-order valence-electron chi connectivity index (χ2n) is 6.06. The van der Waals surface area contributed by atoms with Gasteiger partial charge in [0.05, 0.1) is 18.9 Å². The van der Waals surface area contributed by atoms with Crippen molar-refractivity contribution >= 4 is 23.5 Å². The third-order valence-corrected chi connectivity index (χ3v) is 5.76. The maximum absolute atomic E-state index is 13.6. The van der Waals surface area contributed by atoms with Crippen molar-refractivity contribution in [3.8, 4) is 0 Å². The first-order valence-electron chi connectivity index (χ1n) is 8.00. The van der Waals surface area contributed by atoms with Gasteiger partial charge in [-0.1, -0.05) is 0 Å². The number of benzene rings is 1. The molecule has 0 aliphatic carbocycles. The minimum absolute atomic E-state index is 0.0323. The summed E-state index contributed by atoms with van der Waals surface area (Å²) in [5.74, 6) is 0.558. The second-order valence-corrected chi connectivity index (χ2v) is 7.16. The maximum atomic E-state index is 13.6. The Kier molecular flexibility index (Phi) is 5.57. The average molecular weight is 357 g/mol. The summed E-state index contributed by atoms with van der Waals surface area (Å²) in [6, 6.07) is 2.60. The molecule has 2 saturated heterocycles. The molecule has 2 heterocycles. The van der Waals surface area contributed by atoms with Crippen LogP contribution in [0.4, 0.5) is 19.3 Å². The zero-order valence-electron chi connectivity index (χ0n) is 13.3. The van der Waals surface area contributed by atoms with Crippen molar-refractivity contribution in [2.24, 2.45) is 0 Å². The fraction of sp³-hybridized carbons (Fsp3) is 0.562. The molecule has 2 amide bonds. The minimum Gasteiger partial charge on any atom is -0.379 e. The quantitative estimate of drug-likeness (QED) is 0.868. The van der Waals surface area contributed by atoms with E-state index in [1.165, 1.54) is 6.07 Å². The largest absolute Gasteiger partial charge is 0.379 e. The van der Waals surface area contributed by atoms with E-state index in [9.17, 15) is 13.6 Å². The summed E-state index contributed by atoms with van der Waals surface area (Å²) in [4.78, 5) is 14.5. The van der Waals surface area contributed by atoms with Crippen molar-refractivity contribution in [2.45, 2.75) is 12.0 Å². The SMILES string of the molecule is O=C(NC[C@@]1(N2CCOCC2)CCSC1)Nc1ccc(F)cc1F. The van der Waals surface area contributed by atoms with Gasteiger partial charge >= 0.3 is 6.03 Å². The van der Waals surface area contributed by atoms with E-state index in [0.29, 0.717) is 19.8 Å². The lowest BCUT2D eigenvalue weighted by molar-refractivity contribution is -0.0123. The average Bonchev–Trinajstić information content (AvgIpc) is 3.07. The van der Waals surface area contributed by atoms with Gasteiger partial charge in [-0.25, -0.2) is 13.6 Å². The smallest absolute Gasteiger partial charge is 0.319 e. The molecule has 0 aromatic heterocycles. The van der Waals surface area contributed by atoms with Crippen LogP contribution >= 0.6 is 11.8 Å². The van der Waals surface area contributed by atoms with E-state index in [1.807, 2.05) is 11.8 Å². The van der Waals surface area contributed by atoms with E-state index in [-0.39, 0.29) is 11.2 Å². The lowest BCUT2D eigenvalue weighted by Gasteiger charge is -2.43. The molecule has 2 fully saturated rings. The topological polar surface area (TPSA) is 53.6 Å². The van der Waals surface area contributed by atoms with Crippen LogP contribution in [0.15, 0.2) is 18.2 Å². The van der Waals surface area contributed by atoms with Gasteiger partial charge in [0.1, 0.15) is 11.6 Å². The number of hydrogen-bond donors (Lipinski definition) is 2. The van der Waals surface area contributed by atoms with Crippen molar-refractivity contribution in [2.75, 3.05) is 49.7 Å². The lowest BCUT2D eigenvalue weighted by Crippen LogP contribution is -2.59. The first-order chi connectivity index (χ1) is 11.6. The highest BCUT2D eigenvalue weighted by Gasteiger charge is 2.40. The molecule has 2 N–H and O–H groups in total. The minimum atomic E-state index is -0.788. The summed E-state index contributed by atoms with van der Waals surface area (Å²) in [7, 11) is 0. The Morgan fingerprint density at radius 3 is 2.79 bits per heavy atom. The van der Waals surface area contributed by atoms with Crippen LogP contribution in [0.1, 0.15) is 6.42 Å². The highest BCUT2D eigenvalue weighted by molar-refractivity contribution is 7.99. The maximum Gasteiger partial charge on any atom is 0.319 e. The Morgan fingerprint density at radius 1 is 1.33 bits per heavy atom. The molecule has 132 valence electrons. The molecule has 3 rings (SSSR count). The monoisotopic (exact) mass is 357 g/mol. The first kappa shape index (κ1) is 17.4. The molecular formula is C16H21F2N3O2S. The number of nitrogens with one attached hydrogen (secondary N) is 2. The molecule has 0 bridgehead atoms. The molecule has 0 spiro atoms. The van der Waals surface area contributed by atoms with Gasteiger partial charge in [-0.05, 0) is 24.3 Å². The zero-order valence-corrected chi connectivity index (χ0v) is 14.1. The van der Waals surface area contributed by atoms with Gasteiger partial charge in [-0.3, -0.25) is 4.90 Å². The summed E-state index contributed by atoms with van der Waals surface area (Å²) in [6.07, 6.45) is 1.00. The number of amides is 2. The molecule has 2 aliphatic rings. The van der Waals surface area contributed by atoms with E-state index < -0.39 is 17.7 Å². The zero-order chi connectivity index (χ0) is 17.0. The van der Waals surface area contributed by atoms with Crippen LogP contribution in [-0.4, -0.2) is 60.8 Å². The Morgan fingerprint density at radius 2 is 2.12 bits per heavy atom. The van der Waals surface area contributed by atoms with E-state index in [0.717, 1.165) is 43.1 Å². The summed E-state index contributed by atoms with van der Waals surface area (Å²) >= 11 is 1.88. The predicted molar refractivity (Wildman–Crippen MR) is 90.4 cm³/mol. The van der Waals surface area contributed by atoms with E-state index in [1.54, 1.807) is 0 Å². The molecule has 1 aromatic rings. The van der Waals surface area contributed by atoms with Crippen LogP contribution in [-0.2, 0) is 4.74 Å². The summed E-state index contributed by atoms with van der Waals surface area (Å²) in [5, 5.41) is 5.29. The van der Waals surface area contributed by atoms with Crippen LogP contribution in [0.25, 0.3) is 0 Å². The van der Waals surface area contributed by atoms with Gasteiger partial charge in [-0.15, -0.1) is 0 Å². The van der Waals surface area contributed by atoms with Crippen LogP contribution in [0.3, 0.4) is 0 Å². The molecule has 5 nitrogen and oxygen atoms in total. The fourth-order valence-electron chi connectivity index (χ4n) is 3.14. The lowest BCUT2D eigenvalue weighted by atomic mass is 9.95. The van der Waals surface area contributed by atoms with Gasteiger partial charge in [0.2, 0.25) is 0 Å². The number of halogens is 2. The standard InChI is InChI=1S/C16H21F2N3O2S/c17-12-1-2-14(13(18)9-12)20-15(22)19-10-16(3-8-24-11-16)21-4-6-23-7-5-21/h1-2,9H,3-8,10-11H2,(H2,19,20,22)/t16-/m0/s1. The number of morpholine rings is 1. The van der Waals surface area contributed by atoms with Crippen LogP contribution in [0.5, 0.6) is 0 Å². The van der Waals surface area contributed by atoms with Crippen molar-refractivity contribution in [1.29, 1.82) is 0 Å². The number of ether oxygens (including phenoxy) is 1. The molecule has 0 saturated carbocycles. The molecule has 0 unspecified atom stereocenters. The van der Waals surface area contributed by atoms with Gasteiger partial charge in [0.25, 0.3) is 0 Å². The number of carbonyl (C=O) groups excluding carboxylic acids is 1. The first-order valence-corrected chi connectivity index (χ1v) is 9.15. The molecule has 0 radical (unpaired) electrons. The Balaban J connectivity index is 1.59. The molecule has 8 heteroatoms. The Hall–Kier alpha value is -1.38. The van der Waals surface area contributed by atoms with Gasteiger partial charge in [0, 0.05) is 37.0 Å². The van der Waals surface area contributed by atoms with Crippen LogP contribution in [0, 0.1) is 11.6 Å². The fourth-order valence-corrected chi connectivity index (χ4v) is 4.61.